The van der Waals surface area contributed by atoms with Crippen molar-refractivity contribution in [3.8, 4) is 0 Å². The summed E-state index contributed by atoms with van der Waals surface area (Å²) in [5.41, 5.74) is 0. The Labute approximate surface area is 83.8 Å². The lowest BCUT2D eigenvalue weighted by atomic mass is 10.2. The molecule has 0 fully saturated rings. The third kappa shape index (κ3) is 5.50. The minimum absolute atomic E-state index is 0.126. The molecular formula is C8H18N4O2. The van der Waals surface area contributed by atoms with Crippen molar-refractivity contribution in [1.29, 1.82) is 0 Å². The maximum Gasteiger partial charge on any atom is 0.236 e. The van der Waals surface area contributed by atoms with Gasteiger partial charge in [-0.05, 0) is 12.8 Å². The molecule has 0 aromatic heterocycles. The largest absolute Gasteiger partial charge is 0.284 e. The van der Waals surface area contributed by atoms with Crippen LogP contribution in [0.15, 0.2) is 0 Å². The van der Waals surface area contributed by atoms with E-state index >= 15 is 0 Å². The average molecular weight is 202 g/mol. The van der Waals surface area contributed by atoms with Gasteiger partial charge in [0.25, 0.3) is 0 Å². The van der Waals surface area contributed by atoms with Gasteiger partial charge in [-0.3, -0.25) is 19.6 Å². The molecule has 0 aromatic carbocycles. The minimum atomic E-state index is -0.126. The summed E-state index contributed by atoms with van der Waals surface area (Å²) in [6.45, 7) is 0. The highest BCUT2D eigenvalue weighted by Gasteiger charge is 2.06. The molecule has 0 bridgehead atoms. The lowest BCUT2D eigenvalue weighted by molar-refractivity contribution is -0.132. The summed E-state index contributed by atoms with van der Waals surface area (Å²) in [5, 5.41) is 2.10. The van der Waals surface area contributed by atoms with Gasteiger partial charge in [0, 0.05) is 26.9 Å². The number of nitrogens with two attached hydrogens (primary N) is 2. The van der Waals surface area contributed by atoms with Crippen LogP contribution in [0.25, 0.3) is 0 Å². The zero-order valence-corrected chi connectivity index (χ0v) is 8.69. The molecule has 0 spiro atoms. The van der Waals surface area contributed by atoms with Crippen LogP contribution in [0.1, 0.15) is 25.7 Å². The standard InChI is InChI=1S/C8H18N4O2/c1-11(9)7(13)5-3-4-6-8(14)12(2)10/h3-6,9-10H2,1-2H3. The molecule has 82 valence electrons. The molecule has 2 amide bonds. The molecule has 14 heavy (non-hydrogen) atoms. The molecule has 6 heteroatoms. The second-order valence-corrected chi connectivity index (χ2v) is 3.22. The molecule has 0 heterocycles. The Balaban J connectivity index is 3.48. The topological polar surface area (TPSA) is 92.7 Å². The van der Waals surface area contributed by atoms with Crippen LogP contribution in [0.5, 0.6) is 0 Å². The maximum atomic E-state index is 11.0. The van der Waals surface area contributed by atoms with Crippen molar-refractivity contribution in [2.75, 3.05) is 14.1 Å². The summed E-state index contributed by atoms with van der Waals surface area (Å²) >= 11 is 0. The Kier molecular flexibility index (Phi) is 5.82. The first-order chi connectivity index (χ1) is 6.45. The lowest BCUT2D eigenvalue weighted by Crippen LogP contribution is -2.33. The smallest absolute Gasteiger partial charge is 0.236 e. The first-order valence-electron chi connectivity index (χ1n) is 4.47. The second-order valence-electron chi connectivity index (χ2n) is 3.22. The Morgan fingerprint density at radius 2 is 1.21 bits per heavy atom. The molecule has 0 aliphatic heterocycles. The van der Waals surface area contributed by atoms with E-state index in [0.29, 0.717) is 25.7 Å². The molecule has 0 unspecified atom stereocenters. The fraction of sp³-hybridized carbons (Fsp3) is 0.750. The van der Waals surface area contributed by atoms with E-state index < -0.39 is 0 Å². The molecule has 0 atom stereocenters. The van der Waals surface area contributed by atoms with E-state index in [4.69, 9.17) is 11.7 Å². The van der Waals surface area contributed by atoms with Crippen molar-refractivity contribution >= 4 is 11.8 Å². The molecule has 0 aromatic rings. The number of carbonyl (C=O) groups excluding carboxylic acids is 2. The van der Waals surface area contributed by atoms with E-state index in [9.17, 15) is 9.59 Å². The van der Waals surface area contributed by atoms with Gasteiger partial charge in [-0.25, -0.2) is 11.7 Å². The monoisotopic (exact) mass is 202 g/mol. The lowest BCUT2D eigenvalue weighted by Gasteiger charge is -2.10. The van der Waals surface area contributed by atoms with Crippen LogP contribution in [0.3, 0.4) is 0 Å². The van der Waals surface area contributed by atoms with Crippen molar-refractivity contribution in [2.45, 2.75) is 25.7 Å². The van der Waals surface area contributed by atoms with Gasteiger partial charge in [-0.2, -0.15) is 0 Å². The number of hydrogen-bond donors (Lipinski definition) is 2. The molecule has 0 aliphatic carbocycles. The highest BCUT2D eigenvalue weighted by molar-refractivity contribution is 5.76. The molecule has 4 N–H and O–H groups in total. The van der Waals surface area contributed by atoms with Gasteiger partial charge in [0.1, 0.15) is 0 Å². The van der Waals surface area contributed by atoms with Gasteiger partial charge < -0.3 is 0 Å². The van der Waals surface area contributed by atoms with E-state index in [0.717, 1.165) is 10.0 Å². The van der Waals surface area contributed by atoms with Gasteiger partial charge in [0.15, 0.2) is 0 Å². The summed E-state index contributed by atoms with van der Waals surface area (Å²) in [6.07, 6.45) is 2.04. The predicted molar refractivity (Wildman–Crippen MR) is 52.4 cm³/mol. The van der Waals surface area contributed by atoms with E-state index in [-0.39, 0.29) is 11.8 Å². The van der Waals surface area contributed by atoms with Crippen LogP contribution in [-0.2, 0) is 9.59 Å². The van der Waals surface area contributed by atoms with Crippen molar-refractivity contribution in [3.05, 3.63) is 0 Å². The van der Waals surface area contributed by atoms with Crippen LogP contribution in [0.2, 0.25) is 0 Å². The Hall–Kier alpha value is -1.14. The molecule has 0 aliphatic rings. The number of rotatable bonds is 5. The molecule has 6 nitrogen and oxygen atoms in total. The third-order valence-electron chi connectivity index (χ3n) is 1.82. The van der Waals surface area contributed by atoms with Gasteiger partial charge >= 0.3 is 0 Å². The normalized spacial score (nSPS) is 9.71. The number of unbranched alkanes of at least 4 members (excludes halogenated alkanes) is 1. The van der Waals surface area contributed by atoms with Gasteiger partial charge in [-0.1, -0.05) is 0 Å². The first-order valence-corrected chi connectivity index (χ1v) is 4.47. The van der Waals surface area contributed by atoms with Crippen molar-refractivity contribution in [1.82, 2.24) is 10.0 Å². The Morgan fingerprint density at radius 3 is 1.43 bits per heavy atom. The number of carbonyl (C=O) groups is 2. The van der Waals surface area contributed by atoms with Crippen LogP contribution in [0.4, 0.5) is 0 Å². The minimum Gasteiger partial charge on any atom is -0.284 e. The summed E-state index contributed by atoms with van der Waals surface area (Å²) < 4.78 is 0. The van der Waals surface area contributed by atoms with Gasteiger partial charge in [0.2, 0.25) is 11.8 Å². The van der Waals surface area contributed by atoms with Crippen LogP contribution in [-0.4, -0.2) is 35.9 Å². The predicted octanol–water partition coefficient (Wildman–Crippen LogP) is -0.789. The number of amides is 2. The molecule has 0 saturated heterocycles. The molecular weight excluding hydrogens is 184 g/mol. The van der Waals surface area contributed by atoms with E-state index in [1.165, 1.54) is 14.1 Å². The second kappa shape index (κ2) is 6.33. The Morgan fingerprint density at radius 1 is 0.929 bits per heavy atom. The molecule has 0 saturated carbocycles. The summed E-state index contributed by atoms with van der Waals surface area (Å²) in [7, 11) is 3.00. The summed E-state index contributed by atoms with van der Waals surface area (Å²) in [5.74, 6) is 10.2. The van der Waals surface area contributed by atoms with Crippen molar-refractivity contribution < 1.29 is 9.59 Å². The molecule has 0 rings (SSSR count). The van der Waals surface area contributed by atoms with Gasteiger partial charge in [-0.15, -0.1) is 0 Å². The third-order valence-corrected chi connectivity index (χ3v) is 1.82. The van der Waals surface area contributed by atoms with Gasteiger partial charge in [0.05, 0.1) is 0 Å². The maximum absolute atomic E-state index is 11.0. The zero-order chi connectivity index (χ0) is 11.1. The summed E-state index contributed by atoms with van der Waals surface area (Å²) in [4.78, 5) is 22.0. The van der Waals surface area contributed by atoms with E-state index in [2.05, 4.69) is 0 Å². The summed E-state index contributed by atoms with van der Waals surface area (Å²) in [6, 6.07) is 0. The quantitative estimate of drug-likeness (QED) is 0.264. The highest BCUT2D eigenvalue weighted by Crippen LogP contribution is 2.02. The highest BCUT2D eigenvalue weighted by atomic mass is 16.2. The fourth-order valence-corrected chi connectivity index (χ4v) is 0.905. The SMILES string of the molecule is CN(N)C(=O)CCCCC(=O)N(C)N. The van der Waals surface area contributed by atoms with Crippen LogP contribution in [0, 0.1) is 0 Å². The van der Waals surface area contributed by atoms with E-state index in [1.54, 1.807) is 0 Å². The molecule has 0 radical (unpaired) electrons. The number of nitrogens with zero attached hydrogens (tertiary/aromatic N) is 2. The van der Waals surface area contributed by atoms with E-state index in [1.807, 2.05) is 0 Å². The van der Waals surface area contributed by atoms with Crippen LogP contribution < -0.4 is 11.7 Å². The average Bonchev–Trinajstić information content (AvgIpc) is 2.11. The zero-order valence-electron chi connectivity index (χ0n) is 8.69. The fourth-order valence-electron chi connectivity index (χ4n) is 0.905. The number of hydrazine groups is 2. The number of hydrogen-bond acceptors (Lipinski definition) is 4. The van der Waals surface area contributed by atoms with Crippen LogP contribution >= 0.6 is 0 Å². The van der Waals surface area contributed by atoms with Crippen molar-refractivity contribution in [3.63, 3.8) is 0 Å². The Bertz CT molecular complexity index is 182. The van der Waals surface area contributed by atoms with Crippen molar-refractivity contribution in [2.24, 2.45) is 11.7 Å². The first kappa shape index (κ1) is 12.9.